The summed E-state index contributed by atoms with van der Waals surface area (Å²) >= 11 is 2.23. The molecular formula is C9H5IN2S. The highest BCUT2D eigenvalue weighted by atomic mass is 127. The Kier molecular flexibility index (Phi) is 2.47. The van der Waals surface area contributed by atoms with Crippen LogP contribution in [0.1, 0.15) is 5.56 Å². The summed E-state index contributed by atoms with van der Waals surface area (Å²) in [6.45, 7) is 0. The van der Waals surface area contributed by atoms with Gasteiger partial charge in [-0.1, -0.05) is 0 Å². The normalized spacial score (nSPS) is 10.2. The first-order chi connectivity index (χ1) is 6.35. The highest BCUT2D eigenvalue weighted by molar-refractivity contribution is 14.2. The molecule has 0 aliphatic rings. The number of hydrogen-bond acceptors (Lipinski definition) is 2. The molecule has 13 heavy (non-hydrogen) atoms. The van der Waals surface area contributed by atoms with E-state index in [0.29, 0.717) is 5.56 Å². The first-order valence-electron chi connectivity index (χ1n) is 3.65. The van der Waals surface area contributed by atoms with Crippen LogP contribution < -0.4 is 0 Å². The van der Waals surface area contributed by atoms with Gasteiger partial charge in [0.1, 0.15) is 0 Å². The fraction of sp³-hybridized carbons (Fsp3) is 0. The molecule has 0 radical (unpaired) electrons. The maximum atomic E-state index is 8.70. The van der Waals surface area contributed by atoms with E-state index in [9.17, 15) is 0 Å². The van der Waals surface area contributed by atoms with Gasteiger partial charge >= 0.3 is 0 Å². The van der Waals surface area contributed by atoms with E-state index in [-0.39, 0.29) is 0 Å². The lowest BCUT2D eigenvalue weighted by molar-refractivity contribution is 1.37. The van der Waals surface area contributed by atoms with Crippen molar-refractivity contribution >= 4 is 41.2 Å². The van der Waals surface area contributed by atoms with Crippen LogP contribution in [0.15, 0.2) is 30.5 Å². The van der Waals surface area contributed by atoms with Crippen LogP contribution in [0, 0.1) is 11.3 Å². The Morgan fingerprint density at radius 1 is 1.38 bits per heavy atom. The van der Waals surface area contributed by atoms with Crippen LogP contribution in [0.5, 0.6) is 0 Å². The van der Waals surface area contributed by atoms with Crippen LogP contribution in [0.2, 0.25) is 0 Å². The van der Waals surface area contributed by atoms with Crippen molar-refractivity contribution in [1.82, 2.24) is 3.97 Å². The van der Waals surface area contributed by atoms with Crippen LogP contribution in [-0.2, 0) is 0 Å². The Hall–Kier alpha value is -0.670. The summed E-state index contributed by atoms with van der Waals surface area (Å²) in [7, 11) is 1.62. The summed E-state index contributed by atoms with van der Waals surface area (Å²) < 4.78 is 2.07. The minimum atomic E-state index is 0.712. The molecule has 0 spiro atoms. The molecule has 1 heterocycles. The number of aromatic nitrogens is 1. The topological polar surface area (TPSA) is 28.7 Å². The summed E-state index contributed by atoms with van der Waals surface area (Å²) in [4.78, 5) is 0. The van der Waals surface area contributed by atoms with Crippen molar-refractivity contribution in [3.63, 3.8) is 0 Å². The van der Waals surface area contributed by atoms with Gasteiger partial charge in [-0.15, -0.1) is 0 Å². The van der Waals surface area contributed by atoms with Gasteiger partial charge in [-0.25, -0.2) is 0 Å². The van der Waals surface area contributed by atoms with Gasteiger partial charge in [-0.3, -0.25) is 3.97 Å². The third kappa shape index (κ3) is 1.54. The molecular weight excluding hydrogens is 295 g/mol. The van der Waals surface area contributed by atoms with Gasteiger partial charge in [0.2, 0.25) is 0 Å². The molecule has 0 bridgehead atoms. The maximum Gasteiger partial charge on any atom is 0.0991 e. The van der Waals surface area contributed by atoms with E-state index >= 15 is 0 Å². The SMILES string of the molecule is N#Cc1ccc2c(ccn2SI)c1. The van der Waals surface area contributed by atoms with Gasteiger partial charge in [-0.2, -0.15) is 5.26 Å². The molecule has 0 aliphatic carbocycles. The second-order valence-electron chi connectivity index (χ2n) is 2.60. The molecule has 4 heteroatoms. The number of benzene rings is 1. The summed E-state index contributed by atoms with van der Waals surface area (Å²) in [5.74, 6) is 0. The zero-order chi connectivity index (χ0) is 9.26. The fourth-order valence-corrected chi connectivity index (χ4v) is 2.62. The number of hydrogen-bond donors (Lipinski definition) is 0. The first-order valence-corrected chi connectivity index (χ1v) is 6.97. The van der Waals surface area contributed by atoms with Crippen molar-refractivity contribution in [3.05, 3.63) is 36.0 Å². The lowest BCUT2D eigenvalue weighted by atomic mass is 10.2. The summed E-state index contributed by atoms with van der Waals surface area (Å²) in [5.41, 5.74) is 1.86. The van der Waals surface area contributed by atoms with Crippen molar-refractivity contribution in [2.24, 2.45) is 0 Å². The largest absolute Gasteiger partial charge is 0.283 e. The quantitative estimate of drug-likeness (QED) is 0.756. The summed E-state index contributed by atoms with van der Waals surface area (Å²) in [6.07, 6.45) is 2.00. The zero-order valence-corrected chi connectivity index (χ0v) is 9.54. The number of halogens is 1. The molecule has 0 atom stereocenters. The van der Waals surface area contributed by atoms with Crippen LogP contribution in [0.25, 0.3) is 10.9 Å². The molecule has 0 unspecified atom stereocenters. The van der Waals surface area contributed by atoms with E-state index in [1.165, 1.54) is 0 Å². The monoisotopic (exact) mass is 300 g/mol. The van der Waals surface area contributed by atoms with Crippen LogP contribution >= 0.6 is 30.3 Å². The van der Waals surface area contributed by atoms with E-state index in [4.69, 9.17) is 5.26 Å². The van der Waals surface area contributed by atoms with Gasteiger partial charge < -0.3 is 0 Å². The summed E-state index contributed by atoms with van der Waals surface area (Å²) in [5, 5.41) is 9.81. The smallest absolute Gasteiger partial charge is 0.0991 e. The minimum absolute atomic E-state index is 0.712. The van der Waals surface area contributed by atoms with E-state index in [1.54, 1.807) is 9.12 Å². The average Bonchev–Trinajstić information content (AvgIpc) is 2.59. The number of nitrogens with zero attached hydrogens (tertiary/aromatic N) is 2. The average molecular weight is 300 g/mol. The third-order valence-electron chi connectivity index (χ3n) is 1.86. The number of nitriles is 1. The summed E-state index contributed by atoms with van der Waals surface area (Å²) in [6, 6.07) is 9.86. The third-order valence-corrected chi connectivity index (χ3v) is 3.60. The van der Waals surface area contributed by atoms with Gasteiger partial charge in [0.15, 0.2) is 0 Å². The highest BCUT2D eigenvalue weighted by Gasteiger charge is 2.00. The standard InChI is InChI=1S/C9H5IN2S/c10-13-12-4-3-8-5-7(6-11)1-2-9(8)12/h1-5H. The van der Waals surface area contributed by atoms with Crippen molar-refractivity contribution < 1.29 is 0 Å². The van der Waals surface area contributed by atoms with Gasteiger partial charge in [0.05, 0.1) is 17.1 Å². The fourth-order valence-electron chi connectivity index (χ4n) is 1.25. The van der Waals surface area contributed by atoms with Crippen molar-refractivity contribution in [3.8, 4) is 6.07 Å². The van der Waals surface area contributed by atoms with E-state index < -0.39 is 0 Å². The highest BCUT2D eigenvalue weighted by Crippen LogP contribution is 2.25. The predicted octanol–water partition coefficient (Wildman–Crippen LogP) is 3.36. The van der Waals surface area contributed by atoms with Crippen LogP contribution in [0.4, 0.5) is 0 Å². The lowest BCUT2D eigenvalue weighted by Crippen LogP contribution is -1.79. The maximum absolute atomic E-state index is 8.70. The molecule has 0 saturated carbocycles. The molecule has 0 amide bonds. The molecule has 0 fully saturated rings. The molecule has 0 saturated heterocycles. The van der Waals surface area contributed by atoms with Gasteiger partial charge in [0.25, 0.3) is 0 Å². The van der Waals surface area contributed by atoms with Crippen LogP contribution in [0.3, 0.4) is 0 Å². The Bertz CT molecular complexity index is 484. The van der Waals surface area contributed by atoms with E-state index in [2.05, 4.69) is 31.2 Å². The minimum Gasteiger partial charge on any atom is -0.283 e. The molecule has 1 aromatic carbocycles. The van der Waals surface area contributed by atoms with Crippen molar-refractivity contribution in [2.75, 3.05) is 0 Å². The molecule has 64 valence electrons. The molecule has 0 N–H and O–H groups in total. The van der Waals surface area contributed by atoms with Gasteiger partial charge in [0, 0.05) is 41.9 Å². The Morgan fingerprint density at radius 2 is 2.23 bits per heavy atom. The van der Waals surface area contributed by atoms with E-state index in [0.717, 1.165) is 10.9 Å². The molecule has 0 aliphatic heterocycles. The molecule has 2 nitrogen and oxygen atoms in total. The predicted molar refractivity (Wildman–Crippen MR) is 63.7 cm³/mol. The Morgan fingerprint density at radius 3 is 2.92 bits per heavy atom. The molecule has 1 aromatic heterocycles. The number of rotatable bonds is 1. The Labute approximate surface area is 92.3 Å². The lowest BCUT2D eigenvalue weighted by Gasteiger charge is -1.96. The van der Waals surface area contributed by atoms with Crippen molar-refractivity contribution in [2.45, 2.75) is 0 Å². The molecule has 2 rings (SSSR count). The second kappa shape index (κ2) is 3.60. The Balaban J connectivity index is 2.70. The van der Waals surface area contributed by atoms with Gasteiger partial charge in [-0.05, 0) is 24.3 Å². The zero-order valence-electron chi connectivity index (χ0n) is 6.57. The first kappa shape index (κ1) is 8.91. The second-order valence-corrected chi connectivity index (χ2v) is 4.31. The van der Waals surface area contributed by atoms with Crippen molar-refractivity contribution in [1.29, 1.82) is 5.26 Å². The molecule has 2 aromatic rings. The van der Waals surface area contributed by atoms with Crippen LogP contribution in [-0.4, -0.2) is 3.97 Å². The number of fused-ring (bicyclic) bond motifs is 1. The van der Waals surface area contributed by atoms with E-state index in [1.807, 2.05) is 30.5 Å².